The fourth-order valence-electron chi connectivity index (χ4n) is 2.44. The van der Waals surface area contributed by atoms with Gasteiger partial charge in [0.15, 0.2) is 5.82 Å². The van der Waals surface area contributed by atoms with Crippen molar-refractivity contribution in [2.75, 3.05) is 7.11 Å². The molecule has 0 bridgehead atoms. The lowest BCUT2D eigenvalue weighted by molar-refractivity contribution is 0.415. The third-order valence-corrected chi connectivity index (χ3v) is 3.47. The Morgan fingerprint density at radius 2 is 1.95 bits per heavy atom. The van der Waals surface area contributed by atoms with Crippen LogP contribution in [-0.2, 0) is 5.41 Å². The zero-order valence-corrected chi connectivity index (χ0v) is 12.8. The van der Waals surface area contributed by atoms with Crippen molar-refractivity contribution in [2.24, 2.45) is 0 Å². The predicted octanol–water partition coefficient (Wildman–Crippen LogP) is 3.73. The quantitative estimate of drug-likeness (QED) is 0.718. The molecule has 0 saturated heterocycles. The van der Waals surface area contributed by atoms with Gasteiger partial charge in [0.05, 0.1) is 12.8 Å². The van der Waals surface area contributed by atoms with Crippen LogP contribution >= 0.6 is 0 Å². The topological polar surface area (TPSA) is 39.9 Å². The maximum absolute atomic E-state index is 5.34. The minimum atomic E-state index is -0.0456. The van der Waals surface area contributed by atoms with Gasteiger partial charge in [-0.1, -0.05) is 20.8 Å². The van der Waals surface area contributed by atoms with E-state index in [1.165, 1.54) is 0 Å². The van der Waals surface area contributed by atoms with E-state index in [4.69, 9.17) is 9.72 Å². The zero-order chi connectivity index (χ0) is 15.0. The van der Waals surface area contributed by atoms with Crippen LogP contribution in [-0.4, -0.2) is 21.9 Å². The van der Waals surface area contributed by atoms with Gasteiger partial charge in [0, 0.05) is 23.2 Å². The Hall–Kier alpha value is -2.36. The largest absolute Gasteiger partial charge is 0.497 e. The average Bonchev–Trinajstić information content (AvgIpc) is 2.98. The van der Waals surface area contributed by atoms with Gasteiger partial charge in [0.2, 0.25) is 0 Å². The molecular weight excluding hydrogens is 262 g/mol. The normalized spacial score (nSPS) is 11.8. The highest BCUT2D eigenvalue weighted by Crippen LogP contribution is 2.31. The molecule has 0 unspecified atom stereocenters. The van der Waals surface area contributed by atoms with Crippen molar-refractivity contribution in [1.82, 2.24) is 14.8 Å². The molecule has 0 aliphatic carbocycles. The van der Waals surface area contributed by atoms with E-state index in [1.807, 2.05) is 30.5 Å². The molecule has 21 heavy (non-hydrogen) atoms. The van der Waals surface area contributed by atoms with Crippen LogP contribution in [0.2, 0.25) is 0 Å². The monoisotopic (exact) mass is 281 g/mol. The molecule has 1 aromatic carbocycles. The van der Waals surface area contributed by atoms with Gasteiger partial charge in [-0.15, -0.1) is 0 Å². The van der Waals surface area contributed by atoms with E-state index >= 15 is 0 Å². The molecule has 108 valence electrons. The number of nitrogens with zero attached hydrogens (tertiary/aromatic N) is 3. The molecule has 3 aromatic rings. The van der Waals surface area contributed by atoms with Crippen LogP contribution < -0.4 is 4.74 Å². The number of pyridine rings is 1. The molecule has 0 N–H and O–H groups in total. The summed E-state index contributed by atoms with van der Waals surface area (Å²) in [4.78, 5) is 4.83. The third kappa shape index (κ3) is 2.49. The zero-order valence-electron chi connectivity index (χ0n) is 12.8. The summed E-state index contributed by atoms with van der Waals surface area (Å²) < 4.78 is 7.12. The standard InChI is InChI=1S/C17H19N3O/c1-17(2,3)16-14-7-6-13(21-4)10-12(14)11-15(19-16)20-9-5-8-18-20/h5-11H,1-4H3. The maximum Gasteiger partial charge on any atom is 0.154 e. The van der Waals surface area contributed by atoms with Crippen molar-refractivity contribution in [3.05, 3.63) is 48.4 Å². The van der Waals surface area contributed by atoms with E-state index in [2.05, 4.69) is 31.9 Å². The Labute approximate surface area is 124 Å². The van der Waals surface area contributed by atoms with Crippen molar-refractivity contribution in [1.29, 1.82) is 0 Å². The van der Waals surface area contributed by atoms with Gasteiger partial charge in [-0.2, -0.15) is 5.10 Å². The summed E-state index contributed by atoms with van der Waals surface area (Å²) >= 11 is 0. The lowest BCUT2D eigenvalue weighted by Gasteiger charge is -2.21. The molecule has 0 radical (unpaired) electrons. The van der Waals surface area contributed by atoms with Crippen molar-refractivity contribution >= 4 is 10.8 Å². The molecule has 4 heteroatoms. The second-order valence-corrected chi connectivity index (χ2v) is 6.12. The Morgan fingerprint density at radius 3 is 2.57 bits per heavy atom. The molecular formula is C17H19N3O. The number of methoxy groups -OCH3 is 1. The van der Waals surface area contributed by atoms with E-state index in [0.29, 0.717) is 0 Å². The van der Waals surface area contributed by atoms with Crippen LogP contribution in [0.1, 0.15) is 26.5 Å². The van der Waals surface area contributed by atoms with Crippen LogP contribution in [0.4, 0.5) is 0 Å². The fraction of sp³-hybridized carbons (Fsp3) is 0.294. The van der Waals surface area contributed by atoms with Crippen molar-refractivity contribution in [3.63, 3.8) is 0 Å². The van der Waals surface area contributed by atoms with Gasteiger partial charge in [-0.05, 0) is 35.7 Å². The molecule has 0 aliphatic heterocycles. The summed E-state index contributed by atoms with van der Waals surface area (Å²) in [6.45, 7) is 6.52. The molecule has 0 aliphatic rings. The molecule has 0 atom stereocenters. The van der Waals surface area contributed by atoms with Gasteiger partial charge in [0.1, 0.15) is 5.75 Å². The Kier molecular flexibility index (Phi) is 3.16. The van der Waals surface area contributed by atoms with Crippen LogP contribution in [0.3, 0.4) is 0 Å². The fourth-order valence-corrected chi connectivity index (χ4v) is 2.44. The second kappa shape index (κ2) is 4.88. The summed E-state index contributed by atoms with van der Waals surface area (Å²) in [5, 5.41) is 6.54. The van der Waals surface area contributed by atoms with E-state index in [0.717, 1.165) is 28.0 Å². The summed E-state index contributed by atoms with van der Waals surface area (Å²) in [6.07, 6.45) is 3.66. The second-order valence-electron chi connectivity index (χ2n) is 6.12. The van der Waals surface area contributed by atoms with Gasteiger partial charge in [-0.3, -0.25) is 0 Å². The maximum atomic E-state index is 5.34. The van der Waals surface area contributed by atoms with Crippen molar-refractivity contribution in [2.45, 2.75) is 26.2 Å². The minimum absolute atomic E-state index is 0.0456. The number of hydrogen-bond acceptors (Lipinski definition) is 3. The number of hydrogen-bond donors (Lipinski definition) is 0. The van der Waals surface area contributed by atoms with Crippen LogP contribution in [0, 0.1) is 0 Å². The number of rotatable bonds is 2. The lowest BCUT2D eigenvalue weighted by atomic mass is 9.88. The highest BCUT2D eigenvalue weighted by atomic mass is 16.5. The van der Waals surface area contributed by atoms with Crippen molar-refractivity contribution in [3.8, 4) is 11.6 Å². The van der Waals surface area contributed by atoms with Crippen LogP contribution in [0.5, 0.6) is 5.75 Å². The Balaban J connectivity index is 2.32. The SMILES string of the molecule is COc1ccc2c(C(C)(C)C)nc(-n3cccn3)cc2c1. The molecule has 3 rings (SSSR count). The molecule has 2 heterocycles. The number of fused-ring (bicyclic) bond motifs is 1. The average molecular weight is 281 g/mol. The summed E-state index contributed by atoms with van der Waals surface area (Å²) in [5.41, 5.74) is 1.02. The van der Waals surface area contributed by atoms with Crippen molar-refractivity contribution < 1.29 is 4.74 Å². The first-order chi connectivity index (χ1) is 9.99. The van der Waals surface area contributed by atoms with E-state index in [1.54, 1.807) is 18.0 Å². The molecule has 0 spiro atoms. The summed E-state index contributed by atoms with van der Waals surface area (Å²) in [7, 11) is 1.68. The molecule has 0 amide bonds. The van der Waals surface area contributed by atoms with Gasteiger partial charge in [-0.25, -0.2) is 9.67 Å². The number of aromatic nitrogens is 3. The van der Waals surface area contributed by atoms with Crippen LogP contribution in [0.15, 0.2) is 42.7 Å². The molecule has 0 fully saturated rings. The molecule has 0 saturated carbocycles. The lowest BCUT2D eigenvalue weighted by Crippen LogP contribution is -2.16. The smallest absolute Gasteiger partial charge is 0.154 e. The highest BCUT2D eigenvalue weighted by Gasteiger charge is 2.20. The first-order valence-corrected chi connectivity index (χ1v) is 6.98. The van der Waals surface area contributed by atoms with E-state index in [9.17, 15) is 0 Å². The third-order valence-electron chi connectivity index (χ3n) is 3.47. The van der Waals surface area contributed by atoms with E-state index < -0.39 is 0 Å². The Morgan fingerprint density at radius 1 is 1.14 bits per heavy atom. The highest BCUT2D eigenvalue weighted by molar-refractivity contribution is 5.88. The molecule has 2 aromatic heterocycles. The first kappa shape index (κ1) is 13.6. The first-order valence-electron chi connectivity index (χ1n) is 6.98. The predicted molar refractivity (Wildman–Crippen MR) is 84.1 cm³/mol. The number of benzene rings is 1. The summed E-state index contributed by atoms with van der Waals surface area (Å²) in [6, 6.07) is 10.0. The molecule has 4 nitrogen and oxygen atoms in total. The minimum Gasteiger partial charge on any atom is -0.497 e. The summed E-state index contributed by atoms with van der Waals surface area (Å²) in [5.74, 6) is 1.67. The Bertz CT molecular complexity index is 771. The van der Waals surface area contributed by atoms with E-state index in [-0.39, 0.29) is 5.41 Å². The van der Waals surface area contributed by atoms with Gasteiger partial charge in [0.25, 0.3) is 0 Å². The van der Waals surface area contributed by atoms with Gasteiger partial charge < -0.3 is 4.74 Å². The van der Waals surface area contributed by atoms with Crippen LogP contribution in [0.25, 0.3) is 16.6 Å². The number of ether oxygens (including phenoxy) is 1. The van der Waals surface area contributed by atoms with Gasteiger partial charge >= 0.3 is 0 Å².